The van der Waals surface area contributed by atoms with Gasteiger partial charge in [0.25, 0.3) is 0 Å². The minimum absolute atomic E-state index is 0.0139. The van der Waals surface area contributed by atoms with Crippen molar-refractivity contribution in [3.05, 3.63) is 95.6 Å². The predicted molar refractivity (Wildman–Crippen MR) is 134 cm³/mol. The van der Waals surface area contributed by atoms with Crippen LogP contribution in [0.15, 0.2) is 78.9 Å². The van der Waals surface area contributed by atoms with Crippen molar-refractivity contribution in [3.63, 3.8) is 0 Å². The highest BCUT2D eigenvalue weighted by Crippen LogP contribution is 2.44. The minimum Gasteiger partial charge on any atom is -0.449 e. The van der Waals surface area contributed by atoms with Crippen LogP contribution in [0.25, 0.3) is 11.1 Å². The first-order chi connectivity index (χ1) is 16.5. The van der Waals surface area contributed by atoms with Gasteiger partial charge < -0.3 is 15.2 Å². The number of nitrogens with one attached hydrogen (secondary N) is 1. The zero-order valence-electron chi connectivity index (χ0n) is 19.6. The Hall–Kier alpha value is -3.15. The fourth-order valence-electron chi connectivity index (χ4n) is 5.46. The minimum atomic E-state index is -0.871. The van der Waals surface area contributed by atoms with Gasteiger partial charge in [0.1, 0.15) is 6.61 Å². The molecule has 2 atom stereocenters. The van der Waals surface area contributed by atoms with Gasteiger partial charge in [0.15, 0.2) is 0 Å². The molecule has 1 aliphatic heterocycles. The van der Waals surface area contributed by atoms with Gasteiger partial charge in [-0.15, -0.1) is 0 Å². The second kappa shape index (κ2) is 9.61. The SMILES string of the molecule is C[C@@]1(O)CN(Cc2ccccc2)CC[C@H]1CNC(=O)OCC1c2ccccc2-c2ccccc21. The maximum Gasteiger partial charge on any atom is 0.407 e. The third kappa shape index (κ3) is 4.72. The average Bonchev–Trinajstić information content (AvgIpc) is 3.16. The first-order valence-electron chi connectivity index (χ1n) is 12.1. The summed E-state index contributed by atoms with van der Waals surface area (Å²) in [5.41, 5.74) is 5.20. The maximum absolute atomic E-state index is 12.6. The molecule has 1 heterocycles. The quantitative estimate of drug-likeness (QED) is 0.560. The number of carbonyl (C=O) groups excluding carboxylic acids is 1. The van der Waals surface area contributed by atoms with Gasteiger partial charge in [-0.2, -0.15) is 0 Å². The molecule has 2 N–H and O–H groups in total. The summed E-state index contributed by atoms with van der Waals surface area (Å²) in [6.07, 6.45) is 0.396. The van der Waals surface area contributed by atoms with Crippen molar-refractivity contribution in [2.24, 2.45) is 5.92 Å². The summed E-state index contributed by atoms with van der Waals surface area (Å²) < 4.78 is 5.66. The molecule has 1 saturated heterocycles. The molecule has 3 aromatic rings. The van der Waals surface area contributed by atoms with Gasteiger partial charge in [0.2, 0.25) is 0 Å². The number of likely N-dealkylation sites (tertiary alicyclic amines) is 1. The number of hydrogen-bond donors (Lipinski definition) is 2. The molecule has 0 aromatic heterocycles. The topological polar surface area (TPSA) is 61.8 Å². The number of hydrogen-bond acceptors (Lipinski definition) is 4. The Morgan fingerprint density at radius 1 is 1.00 bits per heavy atom. The molecule has 0 saturated carbocycles. The molecule has 3 aromatic carbocycles. The summed E-state index contributed by atoms with van der Waals surface area (Å²) in [6.45, 7) is 4.87. The number of β-amino-alcohol motifs (C(OH)–C–C–N with tert-alkyl or cyclic N) is 1. The number of piperidine rings is 1. The molecular weight excluding hydrogens is 424 g/mol. The number of rotatable bonds is 6. The van der Waals surface area contributed by atoms with E-state index in [1.165, 1.54) is 27.8 Å². The summed E-state index contributed by atoms with van der Waals surface area (Å²) >= 11 is 0. The maximum atomic E-state index is 12.6. The van der Waals surface area contributed by atoms with E-state index < -0.39 is 11.7 Å². The molecule has 5 heteroatoms. The first-order valence-corrected chi connectivity index (χ1v) is 12.1. The van der Waals surface area contributed by atoms with Gasteiger partial charge in [0.05, 0.1) is 5.60 Å². The highest BCUT2D eigenvalue weighted by molar-refractivity contribution is 5.79. The van der Waals surface area contributed by atoms with Crippen LogP contribution in [0.2, 0.25) is 0 Å². The van der Waals surface area contributed by atoms with Crippen LogP contribution in [0.5, 0.6) is 0 Å². The van der Waals surface area contributed by atoms with E-state index >= 15 is 0 Å². The van der Waals surface area contributed by atoms with Crippen molar-refractivity contribution < 1.29 is 14.6 Å². The Balaban J connectivity index is 1.14. The number of fused-ring (bicyclic) bond motifs is 3. The Labute approximate surface area is 201 Å². The highest BCUT2D eigenvalue weighted by atomic mass is 16.5. The Kier molecular flexibility index (Phi) is 6.40. The normalized spacial score (nSPS) is 22.1. The second-order valence-corrected chi connectivity index (χ2v) is 9.75. The number of alkyl carbamates (subject to hydrolysis) is 1. The number of aliphatic hydroxyl groups is 1. The monoisotopic (exact) mass is 456 g/mol. The van der Waals surface area contributed by atoms with E-state index in [-0.39, 0.29) is 11.8 Å². The Bertz CT molecular complexity index is 1100. The van der Waals surface area contributed by atoms with Crippen LogP contribution in [-0.4, -0.2) is 47.9 Å². The molecule has 5 rings (SSSR count). The number of benzene rings is 3. The van der Waals surface area contributed by atoms with Crippen molar-refractivity contribution in [1.29, 1.82) is 0 Å². The van der Waals surface area contributed by atoms with Gasteiger partial charge in [-0.05, 0) is 47.7 Å². The van der Waals surface area contributed by atoms with E-state index in [2.05, 4.69) is 46.6 Å². The van der Waals surface area contributed by atoms with Gasteiger partial charge in [-0.3, -0.25) is 4.90 Å². The molecule has 1 fully saturated rings. The van der Waals surface area contributed by atoms with E-state index in [9.17, 15) is 9.90 Å². The van der Waals surface area contributed by atoms with E-state index in [1.54, 1.807) is 0 Å². The van der Waals surface area contributed by atoms with Crippen LogP contribution in [-0.2, 0) is 11.3 Å². The molecule has 0 bridgehead atoms. The van der Waals surface area contributed by atoms with Crippen molar-refractivity contribution in [1.82, 2.24) is 10.2 Å². The predicted octanol–water partition coefficient (Wildman–Crippen LogP) is 4.80. The van der Waals surface area contributed by atoms with Crippen LogP contribution in [0.4, 0.5) is 4.79 Å². The van der Waals surface area contributed by atoms with Gasteiger partial charge in [-0.25, -0.2) is 4.79 Å². The molecular formula is C29H32N2O3. The number of carbonyl (C=O) groups is 1. The Morgan fingerprint density at radius 3 is 2.26 bits per heavy atom. The van der Waals surface area contributed by atoms with Gasteiger partial charge >= 0.3 is 6.09 Å². The number of amides is 1. The number of nitrogens with zero attached hydrogens (tertiary/aromatic N) is 1. The van der Waals surface area contributed by atoms with Crippen molar-refractivity contribution >= 4 is 6.09 Å². The third-order valence-corrected chi connectivity index (χ3v) is 7.30. The van der Waals surface area contributed by atoms with Crippen LogP contribution in [0.3, 0.4) is 0 Å². The first kappa shape index (κ1) is 22.6. The molecule has 1 aliphatic carbocycles. The summed E-state index contributed by atoms with van der Waals surface area (Å²) in [5, 5.41) is 14.0. The van der Waals surface area contributed by atoms with Crippen LogP contribution < -0.4 is 5.32 Å². The van der Waals surface area contributed by atoms with Crippen LogP contribution in [0, 0.1) is 5.92 Å². The van der Waals surface area contributed by atoms with Gasteiger partial charge in [0, 0.05) is 31.5 Å². The molecule has 0 radical (unpaired) electrons. The molecule has 0 spiro atoms. The fraction of sp³-hybridized carbons (Fsp3) is 0.345. The lowest BCUT2D eigenvalue weighted by Gasteiger charge is -2.43. The lowest BCUT2D eigenvalue weighted by Crippen LogP contribution is -2.54. The fourth-order valence-corrected chi connectivity index (χ4v) is 5.46. The molecule has 1 amide bonds. The Morgan fingerprint density at radius 2 is 1.62 bits per heavy atom. The summed E-state index contributed by atoms with van der Waals surface area (Å²) in [5.74, 6) is 0.0301. The van der Waals surface area contributed by atoms with Crippen molar-refractivity contribution in [3.8, 4) is 11.1 Å². The lowest BCUT2D eigenvalue weighted by atomic mass is 9.82. The largest absolute Gasteiger partial charge is 0.449 e. The second-order valence-electron chi connectivity index (χ2n) is 9.75. The highest BCUT2D eigenvalue weighted by Gasteiger charge is 2.38. The number of ether oxygens (including phenoxy) is 1. The summed E-state index contributed by atoms with van der Waals surface area (Å²) in [4.78, 5) is 14.8. The van der Waals surface area contributed by atoms with Gasteiger partial charge in [-0.1, -0.05) is 78.9 Å². The van der Waals surface area contributed by atoms with Crippen molar-refractivity contribution in [2.45, 2.75) is 31.4 Å². The third-order valence-electron chi connectivity index (χ3n) is 7.30. The molecule has 0 unspecified atom stereocenters. The molecule has 5 nitrogen and oxygen atoms in total. The van der Waals surface area contributed by atoms with E-state index in [0.717, 1.165) is 19.5 Å². The molecule has 176 valence electrons. The lowest BCUT2D eigenvalue weighted by molar-refractivity contribution is -0.0640. The van der Waals surface area contributed by atoms with Crippen LogP contribution in [0.1, 0.15) is 36.0 Å². The van der Waals surface area contributed by atoms with E-state index in [1.807, 2.05) is 49.4 Å². The molecule has 34 heavy (non-hydrogen) atoms. The van der Waals surface area contributed by atoms with E-state index in [0.29, 0.717) is 19.7 Å². The molecule has 2 aliphatic rings. The van der Waals surface area contributed by atoms with Crippen molar-refractivity contribution in [2.75, 3.05) is 26.2 Å². The zero-order valence-corrected chi connectivity index (χ0v) is 19.6. The van der Waals surface area contributed by atoms with E-state index in [4.69, 9.17) is 4.74 Å². The summed E-state index contributed by atoms with van der Waals surface area (Å²) in [6, 6.07) is 26.9. The zero-order chi connectivity index (χ0) is 23.5. The standard InChI is InChI=1S/C29H32N2O3/c1-29(33)20-31(18-21-9-3-2-4-10-21)16-15-22(29)17-30-28(32)34-19-27-25-13-7-5-11-23(25)24-12-6-8-14-26(24)27/h2-14,22,27,33H,15-20H2,1H3,(H,30,32)/t22-,29+/m0/s1. The summed E-state index contributed by atoms with van der Waals surface area (Å²) in [7, 11) is 0. The average molecular weight is 457 g/mol. The van der Waals surface area contributed by atoms with Crippen LogP contribution >= 0.6 is 0 Å². The smallest absolute Gasteiger partial charge is 0.407 e.